The van der Waals surface area contributed by atoms with E-state index in [-0.39, 0.29) is 30.5 Å². The van der Waals surface area contributed by atoms with Crippen molar-refractivity contribution < 1.29 is 13.9 Å². The number of hydrogen-bond acceptors (Lipinski definition) is 4. The van der Waals surface area contributed by atoms with Gasteiger partial charge in [-0.1, -0.05) is 18.2 Å². The van der Waals surface area contributed by atoms with Gasteiger partial charge in [-0.3, -0.25) is 4.79 Å². The van der Waals surface area contributed by atoms with E-state index in [4.69, 9.17) is 14.9 Å². The molecule has 1 aromatic carbocycles. The summed E-state index contributed by atoms with van der Waals surface area (Å²) in [6.07, 6.45) is 1.17. The summed E-state index contributed by atoms with van der Waals surface area (Å²) >= 11 is 0. The van der Waals surface area contributed by atoms with Gasteiger partial charge in [0.05, 0.1) is 12.1 Å². The van der Waals surface area contributed by atoms with Crippen LogP contribution < -0.4 is 11.1 Å². The SMILES string of the molecule is CC(NC(=O)[C@@H]1CC[C@H](CN)O1)c1cc2ccccc2o1.Cl. The van der Waals surface area contributed by atoms with Crippen molar-refractivity contribution in [2.75, 3.05) is 6.54 Å². The first kappa shape index (κ1) is 16.8. The Labute approximate surface area is 135 Å². The van der Waals surface area contributed by atoms with Crippen molar-refractivity contribution in [2.45, 2.75) is 38.0 Å². The molecule has 120 valence electrons. The number of furan rings is 1. The van der Waals surface area contributed by atoms with Crippen LogP contribution in [0.25, 0.3) is 11.0 Å². The highest BCUT2D eigenvalue weighted by molar-refractivity contribution is 5.85. The van der Waals surface area contributed by atoms with E-state index in [9.17, 15) is 4.79 Å². The van der Waals surface area contributed by atoms with Crippen molar-refractivity contribution in [3.8, 4) is 0 Å². The first-order chi connectivity index (χ1) is 10.2. The maximum Gasteiger partial charge on any atom is 0.249 e. The second-order valence-corrected chi connectivity index (χ2v) is 5.48. The Morgan fingerprint density at radius 1 is 1.41 bits per heavy atom. The maximum atomic E-state index is 12.2. The van der Waals surface area contributed by atoms with Crippen molar-refractivity contribution in [2.24, 2.45) is 5.73 Å². The Hall–Kier alpha value is -1.56. The monoisotopic (exact) mass is 324 g/mol. The van der Waals surface area contributed by atoms with Gasteiger partial charge in [0.2, 0.25) is 5.91 Å². The lowest BCUT2D eigenvalue weighted by atomic mass is 10.1. The van der Waals surface area contributed by atoms with Crippen LogP contribution in [0.5, 0.6) is 0 Å². The number of fused-ring (bicyclic) bond motifs is 1. The van der Waals surface area contributed by atoms with Crippen molar-refractivity contribution in [3.63, 3.8) is 0 Å². The van der Waals surface area contributed by atoms with Crippen LogP contribution in [-0.4, -0.2) is 24.7 Å². The fourth-order valence-electron chi connectivity index (χ4n) is 2.67. The molecule has 3 rings (SSSR count). The van der Waals surface area contributed by atoms with Crippen LogP contribution in [0.3, 0.4) is 0 Å². The Bertz CT molecular complexity index is 610. The molecule has 2 aromatic rings. The van der Waals surface area contributed by atoms with Gasteiger partial charge in [-0.15, -0.1) is 12.4 Å². The van der Waals surface area contributed by atoms with E-state index < -0.39 is 6.10 Å². The van der Waals surface area contributed by atoms with Crippen LogP contribution in [0.1, 0.15) is 31.6 Å². The minimum atomic E-state index is -0.398. The van der Waals surface area contributed by atoms with Gasteiger partial charge in [0.25, 0.3) is 0 Å². The number of amides is 1. The highest BCUT2D eigenvalue weighted by atomic mass is 35.5. The predicted octanol–water partition coefficient (Wildman–Crippen LogP) is 2.54. The van der Waals surface area contributed by atoms with Crippen molar-refractivity contribution in [1.29, 1.82) is 0 Å². The van der Waals surface area contributed by atoms with Gasteiger partial charge in [-0.25, -0.2) is 0 Å². The number of benzene rings is 1. The summed E-state index contributed by atoms with van der Waals surface area (Å²) in [4.78, 5) is 12.2. The van der Waals surface area contributed by atoms with Crippen LogP contribution in [0.15, 0.2) is 34.7 Å². The normalized spacial score (nSPS) is 22.3. The first-order valence-electron chi connectivity index (χ1n) is 7.31. The lowest BCUT2D eigenvalue weighted by Crippen LogP contribution is -2.36. The zero-order valence-corrected chi connectivity index (χ0v) is 13.3. The fourth-order valence-corrected chi connectivity index (χ4v) is 2.67. The summed E-state index contributed by atoms with van der Waals surface area (Å²) < 4.78 is 11.4. The van der Waals surface area contributed by atoms with E-state index in [1.807, 2.05) is 37.3 Å². The summed E-state index contributed by atoms with van der Waals surface area (Å²) in [6.45, 7) is 2.37. The third-order valence-corrected chi connectivity index (χ3v) is 3.89. The van der Waals surface area contributed by atoms with Crippen LogP contribution in [0.4, 0.5) is 0 Å². The number of carbonyl (C=O) groups excluding carboxylic acids is 1. The molecule has 0 bridgehead atoms. The average molecular weight is 325 g/mol. The molecular formula is C16H21ClN2O3. The molecule has 1 saturated heterocycles. The molecular weight excluding hydrogens is 304 g/mol. The van der Waals surface area contributed by atoms with E-state index in [1.165, 1.54) is 0 Å². The molecule has 2 heterocycles. The second-order valence-electron chi connectivity index (χ2n) is 5.48. The smallest absolute Gasteiger partial charge is 0.249 e. The molecule has 0 aliphatic carbocycles. The standard InChI is InChI=1S/C16H20N2O3.ClH/c1-10(15-8-11-4-2-3-5-13(11)21-15)18-16(19)14-7-6-12(9-17)20-14;/h2-5,8,10,12,14H,6-7,9,17H2,1H3,(H,18,19);1H/t10?,12-,14+;/m1./s1. The summed E-state index contributed by atoms with van der Waals surface area (Å²) in [5, 5.41) is 3.98. The Balaban J connectivity index is 0.00000176. The third-order valence-electron chi connectivity index (χ3n) is 3.89. The van der Waals surface area contributed by atoms with Crippen LogP contribution in [0, 0.1) is 0 Å². The molecule has 3 N–H and O–H groups in total. The highest BCUT2D eigenvalue weighted by Crippen LogP contribution is 2.25. The molecule has 1 amide bonds. The zero-order valence-electron chi connectivity index (χ0n) is 12.5. The average Bonchev–Trinajstić information content (AvgIpc) is 3.13. The molecule has 1 aliphatic rings. The number of carbonyl (C=O) groups is 1. The molecule has 5 nitrogen and oxygen atoms in total. The van der Waals surface area contributed by atoms with Crippen molar-refractivity contribution in [1.82, 2.24) is 5.32 Å². The molecule has 1 unspecified atom stereocenters. The maximum absolute atomic E-state index is 12.2. The summed E-state index contributed by atoms with van der Waals surface area (Å²) in [5.74, 6) is 0.650. The molecule has 6 heteroatoms. The molecule has 22 heavy (non-hydrogen) atoms. The highest BCUT2D eigenvalue weighted by Gasteiger charge is 2.30. The Morgan fingerprint density at radius 3 is 2.86 bits per heavy atom. The third kappa shape index (κ3) is 3.43. The molecule has 1 fully saturated rings. The molecule has 0 spiro atoms. The molecule has 0 saturated carbocycles. The van der Waals surface area contributed by atoms with Gasteiger partial charge < -0.3 is 20.2 Å². The minimum Gasteiger partial charge on any atom is -0.459 e. The Kier molecular flexibility index (Phi) is 5.45. The first-order valence-corrected chi connectivity index (χ1v) is 7.31. The number of nitrogens with one attached hydrogen (secondary N) is 1. The van der Waals surface area contributed by atoms with Crippen molar-refractivity contribution >= 4 is 29.3 Å². The fraction of sp³-hybridized carbons (Fsp3) is 0.438. The number of hydrogen-bond donors (Lipinski definition) is 2. The summed E-state index contributed by atoms with van der Waals surface area (Å²) in [5.41, 5.74) is 6.39. The number of halogens is 1. The van der Waals surface area contributed by atoms with E-state index in [0.29, 0.717) is 6.54 Å². The summed E-state index contributed by atoms with van der Waals surface area (Å²) in [6, 6.07) is 9.56. The number of para-hydroxylation sites is 1. The molecule has 3 atom stereocenters. The van der Waals surface area contributed by atoms with E-state index in [2.05, 4.69) is 5.32 Å². The number of rotatable bonds is 4. The number of nitrogens with two attached hydrogens (primary N) is 1. The van der Waals surface area contributed by atoms with E-state index in [0.717, 1.165) is 29.6 Å². The van der Waals surface area contributed by atoms with Gasteiger partial charge in [0, 0.05) is 11.9 Å². The lowest BCUT2D eigenvalue weighted by Gasteiger charge is -2.16. The number of ether oxygens (including phenoxy) is 1. The molecule has 1 aromatic heterocycles. The van der Waals surface area contributed by atoms with E-state index in [1.54, 1.807) is 0 Å². The van der Waals surface area contributed by atoms with Crippen molar-refractivity contribution in [3.05, 3.63) is 36.1 Å². The topological polar surface area (TPSA) is 77.5 Å². The second kappa shape index (κ2) is 7.13. The lowest BCUT2D eigenvalue weighted by molar-refractivity contribution is -0.132. The Morgan fingerprint density at radius 2 is 2.18 bits per heavy atom. The zero-order chi connectivity index (χ0) is 14.8. The van der Waals surface area contributed by atoms with Crippen LogP contribution in [-0.2, 0) is 9.53 Å². The van der Waals surface area contributed by atoms with Gasteiger partial charge in [0.1, 0.15) is 17.4 Å². The van der Waals surface area contributed by atoms with Crippen LogP contribution in [0.2, 0.25) is 0 Å². The minimum absolute atomic E-state index is 0. The van der Waals surface area contributed by atoms with Gasteiger partial charge >= 0.3 is 0 Å². The largest absolute Gasteiger partial charge is 0.459 e. The van der Waals surface area contributed by atoms with Gasteiger partial charge in [-0.05, 0) is 31.9 Å². The predicted molar refractivity (Wildman–Crippen MR) is 87.0 cm³/mol. The summed E-state index contributed by atoms with van der Waals surface area (Å²) in [7, 11) is 0. The quantitative estimate of drug-likeness (QED) is 0.906. The van der Waals surface area contributed by atoms with Gasteiger partial charge in [-0.2, -0.15) is 0 Å². The molecule has 1 aliphatic heterocycles. The van der Waals surface area contributed by atoms with Crippen LogP contribution >= 0.6 is 12.4 Å². The molecule has 0 radical (unpaired) electrons. The van der Waals surface area contributed by atoms with Gasteiger partial charge in [0.15, 0.2) is 0 Å². The van der Waals surface area contributed by atoms with E-state index >= 15 is 0 Å².